The first kappa shape index (κ1) is 15.8. The maximum atomic E-state index is 11.7. The number of carboxylic acid groups (broad SMARTS) is 1. The van der Waals surface area contributed by atoms with Gasteiger partial charge in [-0.15, -0.1) is 0 Å². The van der Waals surface area contributed by atoms with Gasteiger partial charge < -0.3 is 20.5 Å². The van der Waals surface area contributed by atoms with Gasteiger partial charge in [0.15, 0.2) is 0 Å². The average molecular weight is 272 g/mol. The van der Waals surface area contributed by atoms with Crippen molar-refractivity contribution in [2.75, 3.05) is 13.7 Å². The molecule has 0 aromatic rings. The van der Waals surface area contributed by atoms with Gasteiger partial charge in [0.2, 0.25) is 0 Å². The number of amides is 2. The van der Waals surface area contributed by atoms with Crippen molar-refractivity contribution in [1.29, 1.82) is 0 Å². The Hall–Kier alpha value is -1.30. The van der Waals surface area contributed by atoms with Crippen molar-refractivity contribution in [1.82, 2.24) is 10.6 Å². The second-order valence-electron chi connectivity index (χ2n) is 5.05. The van der Waals surface area contributed by atoms with Gasteiger partial charge in [-0.25, -0.2) is 4.79 Å². The van der Waals surface area contributed by atoms with Crippen LogP contribution in [0.15, 0.2) is 0 Å². The summed E-state index contributed by atoms with van der Waals surface area (Å²) in [5, 5.41) is 14.5. The summed E-state index contributed by atoms with van der Waals surface area (Å²) in [6.45, 7) is 2.11. The Morgan fingerprint density at radius 3 is 2.68 bits per heavy atom. The molecule has 3 N–H and O–H groups in total. The summed E-state index contributed by atoms with van der Waals surface area (Å²) in [5.74, 6) is -1.37. The standard InChI is InChI=1S/C13H24N2O4/c1-3-4-9(12(16)17)8-14-13(18)15-10-5-6-11(7-10)19-2/h9-11H,3-8H2,1-2H3,(H,16,17)(H2,14,15,18). The summed E-state index contributed by atoms with van der Waals surface area (Å²) < 4.78 is 5.24. The van der Waals surface area contributed by atoms with E-state index in [1.165, 1.54) is 0 Å². The van der Waals surface area contributed by atoms with Crippen molar-refractivity contribution in [3.8, 4) is 0 Å². The van der Waals surface area contributed by atoms with E-state index in [1.807, 2.05) is 6.92 Å². The van der Waals surface area contributed by atoms with Crippen LogP contribution >= 0.6 is 0 Å². The molecule has 1 aliphatic rings. The number of nitrogens with one attached hydrogen (secondary N) is 2. The minimum atomic E-state index is -0.859. The SMILES string of the molecule is CCCC(CNC(=O)NC1CCC(OC)C1)C(=O)O. The van der Waals surface area contributed by atoms with Gasteiger partial charge in [0.05, 0.1) is 12.0 Å². The molecule has 1 fully saturated rings. The number of rotatable bonds is 7. The maximum absolute atomic E-state index is 11.7. The summed E-state index contributed by atoms with van der Waals surface area (Å²) in [6.07, 6.45) is 4.26. The number of urea groups is 1. The van der Waals surface area contributed by atoms with Crippen LogP contribution < -0.4 is 10.6 Å². The van der Waals surface area contributed by atoms with Gasteiger partial charge in [0.1, 0.15) is 0 Å². The summed E-state index contributed by atoms with van der Waals surface area (Å²) >= 11 is 0. The molecule has 19 heavy (non-hydrogen) atoms. The molecular formula is C13H24N2O4. The molecule has 0 aromatic carbocycles. The molecule has 1 saturated carbocycles. The van der Waals surface area contributed by atoms with Gasteiger partial charge in [-0.1, -0.05) is 13.3 Å². The molecule has 3 atom stereocenters. The van der Waals surface area contributed by atoms with Crippen molar-refractivity contribution < 1.29 is 19.4 Å². The molecular weight excluding hydrogens is 248 g/mol. The molecule has 6 nitrogen and oxygen atoms in total. The van der Waals surface area contributed by atoms with Gasteiger partial charge in [-0.05, 0) is 25.7 Å². The van der Waals surface area contributed by atoms with Crippen LogP contribution in [0.2, 0.25) is 0 Å². The Morgan fingerprint density at radius 2 is 2.16 bits per heavy atom. The second-order valence-corrected chi connectivity index (χ2v) is 5.05. The summed E-state index contributed by atoms with van der Waals surface area (Å²) in [7, 11) is 1.68. The quantitative estimate of drug-likeness (QED) is 0.653. The van der Waals surface area contributed by atoms with Gasteiger partial charge in [-0.3, -0.25) is 4.79 Å². The zero-order valence-corrected chi connectivity index (χ0v) is 11.6. The van der Waals surface area contributed by atoms with Gasteiger partial charge in [0, 0.05) is 19.7 Å². The van der Waals surface area contributed by atoms with Crippen LogP contribution in [0, 0.1) is 5.92 Å². The van der Waals surface area contributed by atoms with Gasteiger partial charge in [-0.2, -0.15) is 0 Å². The monoisotopic (exact) mass is 272 g/mol. The number of carboxylic acids is 1. The highest BCUT2D eigenvalue weighted by molar-refractivity contribution is 5.76. The zero-order valence-electron chi connectivity index (χ0n) is 11.6. The van der Waals surface area contributed by atoms with Crippen molar-refractivity contribution in [2.45, 2.75) is 51.2 Å². The minimum absolute atomic E-state index is 0.124. The third-order valence-corrected chi connectivity index (χ3v) is 3.55. The number of methoxy groups -OCH3 is 1. The molecule has 0 aliphatic heterocycles. The Morgan fingerprint density at radius 1 is 1.42 bits per heavy atom. The lowest BCUT2D eigenvalue weighted by Gasteiger charge is -2.16. The lowest BCUT2D eigenvalue weighted by molar-refractivity contribution is -0.141. The predicted molar refractivity (Wildman–Crippen MR) is 71.0 cm³/mol. The van der Waals surface area contributed by atoms with E-state index in [2.05, 4.69) is 10.6 Å². The zero-order chi connectivity index (χ0) is 14.3. The molecule has 0 spiro atoms. The average Bonchev–Trinajstić information content (AvgIpc) is 2.81. The lowest BCUT2D eigenvalue weighted by Crippen LogP contribution is -2.43. The largest absolute Gasteiger partial charge is 0.481 e. The highest BCUT2D eigenvalue weighted by Gasteiger charge is 2.26. The third-order valence-electron chi connectivity index (χ3n) is 3.55. The maximum Gasteiger partial charge on any atom is 0.315 e. The van der Waals surface area contributed by atoms with E-state index in [0.717, 1.165) is 25.7 Å². The smallest absolute Gasteiger partial charge is 0.315 e. The number of carbonyl (C=O) groups is 2. The first-order valence-electron chi connectivity index (χ1n) is 6.86. The summed E-state index contributed by atoms with van der Waals surface area (Å²) in [6, 6.07) is -0.163. The molecule has 1 aliphatic carbocycles. The van der Waals surface area contributed by atoms with E-state index in [4.69, 9.17) is 9.84 Å². The van der Waals surface area contributed by atoms with E-state index >= 15 is 0 Å². The lowest BCUT2D eigenvalue weighted by atomic mass is 10.0. The topological polar surface area (TPSA) is 87.7 Å². The molecule has 0 radical (unpaired) electrons. The van der Waals surface area contributed by atoms with E-state index in [9.17, 15) is 9.59 Å². The number of ether oxygens (including phenoxy) is 1. The van der Waals surface area contributed by atoms with Gasteiger partial charge in [0.25, 0.3) is 0 Å². The number of hydrogen-bond acceptors (Lipinski definition) is 3. The van der Waals surface area contributed by atoms with Crippen LogP contribution in [0.1, 0.15) is 39.0 Å². The van der Waals surface area contributed by atoms with Crippen molar-refractivity contribution >= 4 is 12.0 Å². The molecule has 0 bridgehead atoms. The van der Waals surface area contributed by atoms with Gasteiger partial charge >= 0.3 is 12.0 Å². The molecule has 6 heteroatoms. The molecule has 0 heterocycles. The van der Waals surface area contributed by atoms with Crippen LogP contribution in [-0.4, -0.2) is 42.9 Å². The van der Waals surface area contributed by atoms with Crippen LogP contribution in [-0.2, 0) is 9.53 Å². The van der Waals surface area contributed by atoms with E-state index in [0.29, 0.717) is 6.42 Å². The Balaban J connectivity index is 2.25. The molecule has 1 rings (SSSR count). The highest BCUT2D eigenvalue weighted by atomic mass is 16.5. The second kappa shape index (κ2) is 7.99. The molecule has 2 amide bonds. The van der Waals surface area contributed by atoms with E-state index in [-0.39, 0.29) is 24.7 Å². The minimum Gasteiger partial charge on any atom is -0.481 e. The highest BCUT2D eigenvalue weighted by Crippen LogP contribution is 2.21. The Labute approximate surface area is 113 Å². The van der Waals surface area contributed by atoms with E-state index < -0.39 is 11.9 Å². The predicted octanol–water partition coefficient (Wildman–Crippen LogP) is 1.35. The Bertz CT molecular complexity index is 309. The molecule has 0 aromatic heterocycles. The molecule has 0 saturated heterocycles. The van der Waals surface area contributed by atoms with Crippen LogP contribution in [0.25, 0.3) is 0 Å². The summed E-state index contributed by atoms with van der Waals surface area (Å²) in [5.41, 5.74) is 0. The first-order chi connectivity index (χ1) is 9.06. The van der Waals surface area contributed by atoms with Crippen LogP contribution in [0.3, 0.4) is 0 Å². The number of carbonyl (C=O) groups excluding carboxylic acids is 1. The molecule has 110 valence electrons. The number of hydrogen-bond donors (Lipinski definition) is 3. The number of aliphatic carboxylic acids is 1. The fourth-order valence-electron chi connectivity index (χ4n) is 2.40. The Kier molecular flexibility index (Phi) is 6.62. The fraction of sp³-hybridized carbons (Fsp3) is 0.846. The van der Waals surface area contributed by atoms with Crippen molar-refractivity contribution in [2.24, 2.45) is 5.92 Å². The van der Waals surface area contributed by atoms with E-state index in [1.54, 1.807) is 7.11 Å². The molecule has 3 unspecified atom stereocenters. The van der Waals surface area contributed by atoms with Crippen LogP contribution in [0.4, 0.5) is 4.79 Å². The summed E-state index contributed by atoms with van der Waals surface area (Å²) in [4.78, 5) is 22.6. The fourth-order valence-corrected chi connectivity index (χ4v) is 2.40. The van der Waals surface area contributed by atoms with Crippen molar-refractivity contribution in [3.63, 3.8) is 0 Å². The third kappa shape index (κ3) is 5.46. The normalized spacial score (nSPS) is 23.9. The van der Waals surface area contributed by atoms with Crippen molar-refractivity contribution in [3.05, 3.63) is 0 Å². The first-order valence-corrected chi connectivity index (χ1v) is 6.86. The van der Waals surface area contributed by atoms with Crippen LogP contribution in [0.5, 0.6) is 0 Å².